The van der Waals surface area contributed by atoms with Gasteiger partial charge in [0.25, 0.3) is 5.91 Å². The van der Waals surface area contributed by atoms with Gasteiger partial charge in [0.2, 0.25) is 0 Å². The molecule has 3 aromatic rings. The third-order valence-electron chi connectivity index (χ3n) is 4.61. The van der Waals surface area contributed by atoms with Crippen LogP contribution >= 0.6 is 0 Å². The SMILES string of the molecule is CCc1nnc2n1CC(NC(=O)c1cccc3[nH]cnc13)CC2.O=C(O)C(F)(F)F. The molecular formula is C18H19F3N6O3. The number of nitrogens with zero attached hydrogens (tertiary/aromatic N) is 4. The molecule has 160 valence electrons. The molecule has 1 unspecified atom stereocenters. The van der Waals surface area contributed by atoms with E-state index in [0.29, 0.717) is 11.1 Å². The van der Waals surface area contributed by atoms with Crippen LogP contribution in [0.3, 0.4) is 0 Å². The number of aromatic nitrogens is 5. The maximum absolute atomic E-state index is 12.6. The molecule has 12 heteroatoms. The van der Waals surface area contributed by atoms with Crippen LogP contribution in [0.15, 0.2) is 24.5 Å². The third kappa shape index (κ3) is 4.58. The molecule has 4 rings (SSSR count). The molecule has 0 aliphatic carbocycles. The number of carboxylic acids is 1. The Hall–Kier alpha value is -3.44. The van der Waals surface area contributed by atoms with Crippen LogP contribution in [0.1, 0.15) is 35.4 Å². The molecule has 3 N–H and O–H groups in total. The van der Waals surface area contributed by atoms with Crippen molar-refractivity contribution >= 4 is 22.9 Å². The number of carbonyl (C=O) groups excluding carboxylic acids is 1. The number of rotatable bonds is 3. The molecule has 30 heavy (non-hydrogen) atoms. The number of aryl methyl sites for hydroxylation is 2. The summed E-state index contributed by atoms with van der Waals surface area (Å²) in [6, 6.07) is 5.67. The van der Waals surface area contributed by atoms with Crippen LogP contribution in [0.25, 0.3) is 11.0 Å². The van der Waals surface area contributed by atoms with Crippen molar-refractivity contribution in [2.24, 2.45) is 0 Å². The van der Waals surface area contributed by atoms with Gasteiger partial charge in [0.1, 0.15) is 17.2 Å². The average molecular weight is 424 g/mol. The lowest BCUT2D eigenvalue weighted by atomic mass is 10.1. The molecule has 1 aliphatic heterocycles. The standard InChI is InChI=1S/C16H18N6O.C2HF3O2/c1-2-13-20-21-14-7-6-10(8-22(13)14)19-16(23)11-4-3-5-12-15(11)18-9-17-12;3-2(4,5)1(6)7/h3-5,9-10H,2,6-8H2,1H3,(H,17,18)(H,19,23);(H,6,7). The highest BCUT2D eigenvalue weighted by Crippen LogP contribution is 2.18. The van der Waals surface area contributed by atoms with E-state index in [9.17, 15) is 18.0 Å². The molecule has 3 heterocycles. The summed E-state index contributed by atoms with van der Waals surface area (Å²) < 4.78 is 33.9. The van der Waals surface area contributed by atoms with E-state index in [1.54, 1.807) is 6.33 Å². The minimum absolute atomic E-state index is 0.0812. The predicted molar refractivity (Wildman–Crippen MR) is 98.8 cm³/mol. The first-order valence-electron chi connectivity index (χ1n) is 9.14. The fraction of sp³-hybridized carbons (Fsp3) is 0.389. The third-order valence-corrected chi connectivity index (χ3v) is 4.61. The molecule has 0 radical (unpaired) electrons. The van der Waals surface area contributed by atoms with Crippen LogP contribution in [-0.4, -0.2) is 53.9 Å². The number of carboxylic acid groups (broad SMARTS) is 1. The van der Waals surface area contributed by atoms with Gasteiger partial charge < -0.3 is 20.0 Å². The van der Waals surface area contributed by atoms with Crippen molar-refractivity contribution in [3.63, 3.8) is 0 Å². The fourth-order valence-electron chi connectivity index (χ4n) is 3.17. The molecule has 0 saturated carbocycles. The molecule has 0 fully saturated rings. The number of aromatic amines is 1. The summed E-state index contributed by atoms with van der Waals surface area (Å²) in [5.74, 6) is -0.843. The Balaban J connectivity index is 0.000000318. The van der Waals surface area contributed by atoms with Gasteiger partial charge >= 0.3 is 12.1 Å². The van der Waals surface area contributed by atoms with E-state index in [4.69, 9.17) is 9.90 Å². The van der Waals surface area contributed by atoms with Crippen molar-refractivity contribution in [1.82, 2.24) is 30.0 Å². The number of amides is 1. The molecule has 0 spiro atoms. The van der Waals surface area contributed by atoms with Gasteiger partial charge in [-0.3, -0.25) is 4.79 Å². The second kappa shape index (κ2) is 8.51. The van der Waals surface area contributed by atoms with Crippen LogP contribution in [0.2, 0.25) is 0 Å². The van der Waals surface area contributed by atoms with E-state index in [2.05, 4.69) is 37.0 Å². The fourth-order valence-corrected chi connectivity index (χ4v) is 3.17. The van der Waals surface area contributed by atoms with Gasteiger partial charge in [-0.1, -0.05) is 13.0 Å². The van der Waals surface area contributed by atoms with Gasteiger partial charge in [-0.15, -0.1) is 10.2 Å². The van der Waals surface area contributed by atoms with E-state index < -0.39 is 12.1 Å². The first kappa shape index (κ1) is 21.3. The highest BCUT2D eigenvalue weighted by Gasteiger charge is 2.38. The second-order valence-corrected chi connectivity index (χ2v) is 6.61. The van der Waals surface area contributed by atoms with E-state index >= 15 is 0 Å². The van der Waals surface area contributed by atoms with Gasteiger partial charge in [-0.2, -0.15) is 13.2 Å². The number of nitrogens with one attached hydrogen (secondary N) is 2. The summed E-state index contributed by atoms with van der Waals surface area (Å²) in [5.41, 5.74) is 2.18. The Morgan fingerprint density at radius 1 is 1.33 bits per heavy atom. The zero-order valence-corrected chi connectivity index (χ0v) is 15.9. The van der Waals surface area contributed by atoms with Crippen molar-refractivity contribution in [2.75, 3.05) is 0 Å². The van der Waals surface area contributed by atoms with Crippen molar-refractivity contribution in [3.05, 3.63) is 41.7 Å². The van der Waals surface area contributed by atoms with Gasteiger partial charge in [-0.05, 0) is 18.6 Å². The van der Waals surface area contributed by atoms with Gasteiger partial charge in [0.05, 0.1) is 17.4 Å². The Labute approximate surface area is 168 Å². The lowest BCUT2D eigenvalue weighted by molar-refractivity contribution is -0.192. The van der Waals surface area contributed by atoms with E-state index in [0.717, 1.165) is 43.0 Å². The Morgan fingerprint density at radius 2 is 2.07 bits per heavy atom. The van der Waals surface area contributed by atoms with Crippen molar-refractivity contribution in [3.8, 4) is 0 Å². The Morgan fingerprint density at radius 3 is 2.73 bits per heavy atom. The monoisotopic (exact) mass is 424 g/mol. The van der Waals surface area contributed by atoms with Gasteiger partial charge in [-0.25, -0.2) is 9.78 Å². The summed E-state index contributed by atoms with van der Waals surface area (Å²) in [6.07, 6.45) is -0.909. The highest BCUT2D eigenvalue weighted by molar-refractivity contribution is 6.04. The predicted octanol–water partition coefficient (Wildman–Crippen LogP) is 2.09. The first-order valence-corrected chi connectivity index (χ1v) is 9.14. The summed E-state index contributed by atoms with van der Waals surface area (Å²) in [6.45, 7) is 2.80. The molecule has 2 aromatic heterocycles. The minimum atomic E-state index is -5.08. The number of hydrogen-bond acceptors (Lipinski definition) is 5. The van der Waals surface area contributed by atoms with Crippen LogP contribution in [0.5, 0.6) is 0 Å². The smallest absolute Gasteiger partial charge is 0.475 e. The van der Waals surface area contributed by atoms with Crippen LogP contribution in [0.4, 0.5) is 13.2 Å². The normalized spacial score (nSPS) is 15.8. The van der Waals surface area contributed by atoms with Crippen LogP contribution in [0, 0.1) is 0 Å². The van der Waals surface area contributed by atoms with Crippen LogP contribution < -0.4 is 5.32 Å². The van der Waals surface area contributed by atoms with E-state index in [1.807, 2.05) is 18.2 Å². The van der Waals surface area contributed by atoms with Crippen molar-refractivity contribution in [1.29, 1.82) is 0 Å². The molecule has 0 saturated heterocycles. The number of benzene rings is 1. The van der Waals surface area contributed by atoms with Crippen molar-refractivity contribution in [2.45, 2.75) is 44.9 Å². The number of halogens is 3. The second-order valence-electron chi connectivity index (χ2n) is 6.61. The number of alkyl halides is 3. The molecule has 1 aliphatic rings. The minimum Gasteiger partial charge on any atom is -0.475 e. The molecule has 1 aromatic carbocycles. The first-order chi connectivity index (χ1) is 14.2. The molecule has 1 atom stereocenters. The molecule has 1 amide bonds. The Kier molecular flexibility index (Phi) is 6.04. The maximum Gasteiger partial charge on any atom is 0.490 e. The quantitative estimate of drug-likeness (QED) is 0.591. The largest absolute Gasteiger partial charge is 0.490 e. The summed E-state index contributed by atoms with van der Waals surface area (Å²) in [5, 5.41) is 18.7. The number of H-pyrrole nitrogens is 1. The van der Waals surface area contributed by atoms with Gasteiger partial charge in [0.15, 0.2) is 0 Å². The highest BCUT2D eigenvalue weighted by atomic mass is 19.4. The van der Waals surface area contributed by atoms with E-state index in [-0.39, 0.29) is 11.9 Å². The average Bonchev–Trinajstić information content (AvgIpc) is 3.33. The summed E-state index contributed by atoms with van der Waals surface area (Å²) >= 11 is 0. The maximum atomic E-state index is 12.6. The molecule has 0 bridgehead atoms. The zero-order chi connectivity index (χ0) is 21.9. The number of fused-ring (bicyclic) bond motifs is 2. The number of imidazole rings is 1. The Bertz CT molecular complexity index is 1050. The summed E-state index contributed by atoms with van der Waals surface area (Å²) in [4.78, 5) is 28.8. The number of carbonyl (C=O) groups is 2. The van der Waals surface area contributed by atoms with Gasteiger partial charge in [0, 0.05) is 25.4 Å². The number of hydrogen-bond donors (Lipinski definition) is 3. The lowest BCUT2D eigenvalue weighted by Gasteiger charge is -2.25. The number of para-hydroxylation sites is 1. The van der Waals surface area contributed by atoms with Crippen LogP contribution in [-0.2, 0) is 24.2 Å². The zero-order valence-electron chi connectivity index (χ0n) is 15.9. The van der Waals surface area contributed by atoms with Crippen molar-refractivity contribution < 1.29 is 27.9 Å². The number of aliphatic carboxylic acids is 1. The lowest BCUT2D eigenvalue weighted by Crippen LogP contribution is -2.41. The topological polar surface area (TPSA) is 126 Å². The molecule has 9 nitrogen and oxygen atoms in total. The summed E-state index contributed by atoms with van der Waals surface area (Å²) in [7, 11) is 0. The molecular weight excluding hydrogens is 405 g/mol. The van der Waals surface area contributed by atoms with E-state index in [1.165, 1.54) is 0 Å².